The number of fused-ring (bicyclic) bond motifs is 1. The molecule has 2 aliphatic heterocycles. The van der Waals surface area contributed by atoms with Gasteiger partial charge in [-0.2, -0.15) is 13.2 Å². The molecule has 2 fully saturated rings. The molecule has 1 unspecified atom stereocenters. The summed E-state index contributed by atoms with van der Waals surface area (Å²) in [6.07, 6.45) is 2.32. The van der Waals surface area contributed by atoms with E-state index in [1.165, 1.54) is 6.33 Å². The van der Waals surface area contributed by atoms with Crippen molar-refractivity contribution in [1.82, 2.24) is 34.4 Å². The molecular formula is C23H30F3N9O. The minimum absolute atomic E-state index is 0.000793. The van der Waals surface area contributed by atoms with Crippen molar-refractivity contribution in [3.05, 3.63) is 30.1 Å². The summed E-state index contributed by atoms with van der Waals surface area (Å²) in [4.78, 5) is 28.8. The average Bonchev–Trinajstić information content (AvgIpc) is 3.25. The number of rotatable bonds is 6. The first kappa shape index (κ1) is 24.6. The van der Waals surface area contributed by atoms with Crippen LogP contribution in [-0.2, 0) is 17.8 Å². The molecule has 3 aromatic rings. The number of likely N-dealkylation sites (tertiary alicyclic amines) is 1. The van der Waals surface area contributed by atoms with Crippen molar-refractivity contribution in [1.29, 1.82) is 0 Å². The van der Waals surface area contributed by atoms with Gasteiger partial charge in [0, 0.05) is 64.1 Å². The molecule has 0 bridgehead atoms. The van der Waals surface area contributed by atoms with Gasteiger partial charge >= 0.3 is 6.18 Å². The third-order valence-electron chi connectivity index (χ3n) is 6.49. The van der Waals surface area contributed by atoms with E-state index in [1.807, 2.05) is 36.3 Å². The van der Waals surface area contributed by atoms with E-state index < -0.39 is 12.7 Å². The summed E-state index contributed by atoms with van der Waals surface area (Å²) >= 11 is 0. The number of piperidine rings is 1. The molecular weight excluding hydrogens is 475 g/mol. The average molecular weight is 506 g/mol. The number of alkyl halides is 3. The topological polar surface area (TPSA) is 88.3 Å². The van der Waals surface area contributed by atoms with E-state index in [0.717, 1.165) is 29.5 Å². The third-order valence-corrected chi connectivity index (χ3v) is 6.49. The van der Waals surface area contributed by atoms with Crippen LogP contribution < -0.4 is 9.80 Å². The van der Waals surface area contributed by atoms with Gasteiger partial charge in [0.15, 0.2) is 17.0 Å². The highest BCUT2D eigenvalue weighted by Gasteiger charge is 2.31. The van der Waals surface area contributed by atoms with Crippen LogP contribution in [0.5, 0.6) is 0 Å². The minimum atomic E-state index is -4.37. The molecule has 194 valence electrons. The second-order valence-corrected chi connectivity index (χ2v) is 9.52. The van der Waals surface area contributed by atoms with Gasteiger partial charge in [-0.3, -0.25) is 4.90 Å². The monoisotopic (exact) mass is 505 g/mol. The molecule has 2 aliphatic rings. The van der Waals surface area contributed by atoms with Crippen molar-refractivity contribution >= 4 is 22.9 Å². The highest BCUT2D eigenvalue weighted by atomic mass is 19.4. The molecule has 5 rings (SSSR count). The van der Waals surface area contributed by atoms with Crippen LogP contribution in [0.4, 0.5) is 24.9 Å². The van der Waals surface area contributed by atoms with E-state index >= 15 is 0 Å². The van der Waals surface area contributed by atoms with Gasteiger partial charge in [-0.05, 0) is 19.4 Å². The summed E-state index contributed by atoms with van der Waals surface area (Å²) in [5.74, 6) is 1.81. The Hall–Kier alpha value is -3.06. The Morgan fingerprint density at radius 2 is 1.81 bits per heavy atom. The largest absolute Gasteiger partial charge is 0.406 e. The molecule has 0 N–H and O–H groups in total. The lowest BCUT2D eigenvalue weighted by atomic mass is 9.96. The van der Waals surface area contributed by atoms with Crippen molar-refractivity contribution in [2.75, 3.05) is 63.3 Å². The van der Waals surface area contributed by atoms with Gasteiger partial charge in [0.25, 0.3) is 0 Å². The highest BCUT2D eigenvalue weighted by Crippen LogP contribution is 2.31. The summed E-state index contributed by atoms with van der Waals surface area (Å²) in [7, 11) is 3.79. The maximum Gasteiger partial charge on any atom is 0.406 e. The number of imidazole rings is 1. The number of hydrogen-bond acceptors (Lipinski definition) is 9. The molecule has 3 aromatic heterocycles. The van der Waals surface area contributed by atoms with E-state index in [1.54, 1.807) is 0 Å². The quantitative estimate of drug-likeness (QED) is 0.501. The van der Waals surface area contributed by atoms with E-state index in [-0.39, 0.29) is 11.6 Å². The summed E-state index contributed by atoms with van der Waals surface area (Å²) in [5.41, 5.74) is 1.63. The predicted molar refractivity (Wildman–Crippen MR) is 128 cm³/mol. The summed E-state index contributed by atoms with van der Waals surface area (Å²) in [5, 5.41) is 0. The maximum atomic E-state index is 13.2. The first-order chi connectivity index (χ1) is 17.3. The lowest BCUT2D eigenvalue weighted by molar-refractivity contribution is -0.140. The van der Waals surface area contributed by atoms with E-state index in [0.29, 0.717) is 62.5 Å². The Morgan fingerprint density at radius 1 is 1.06 bits per heavy atom. The highest BCUT2D eigenvalue weighted by molar-refractivity contribution is 5.83. The molecule has 36 heavy (non-hydrogen) atoms. The van der Waals surface area contributed by atoms with Gasteiger partial charge in [0.05, 0.1) is 19.5 Å². The summed E-state index contributed by atoms with van der Waals surface area (Å²) in [6.45, 7) is 3.46. The molecule has 0 radical (unpaired) electrons. The van der Waals surface area contributed by atoms with Crippen LogP contribution in [0, 0.1) is 0 Å². The van der Waals surface area contributed by atoms with E-state index in [9.17, 15) is 13.2 Å². The molecule has 5 heterocycles. The molecule has 10 nitrogen and oxygen atoms in total. The Balaban J connectivity index is 1.42. The van der Waals surface area contributed by atoms with E-state index in [2.05, 4.69) is 24.8 Å². The fraction of sp³-hybridized carbons (Fsp3) is 0.609. The van der Waals surface area contributed by atoms with Gasteiger partial charge < -0.3 is 19.1 Å². The first-order valence-corrected chi connectivity index (χ1v) is 12.1. The van der Waals surface area contributed by atoms with Crippen molar-refractivity contribution in [3.63, 3.8) is 0 Å². The van der Waals surface area contributed by atoms with Gasteiger partial charge in [-0.15, -0.1) is 0 Å². The third kappa shape index (κ3) is 5.51. The maximum absolute atomic E-state index is 13.2. The lowest BCUT2D eigenvalue weighted by Gasteiger charge is -2.33. The fourth-order valence-corrected chi connectivity index (χ4v) is 4.76. The van der Waals surface area contributed by atoms with Crippen LogP contribution >= 0.6 is 0 Å². The van der Waals surface area contributed by atoms with Crippen LogP contribution in [0.1, 0.15) is 30.1 Å². The molecule has 0 aliphatic carbocycles. The standard InChI is InChI=1S/C23H30F3N9O/c1-32(2)22-27-10-16(11-28-22)12-33-5-3-4-17(13-33)19-30-20(34-6-8-36-9-7-34)18-21(31-19)35(15-29-18)14-23(24,25)26/h10-11,15,17H,3-9,12-14H2,1-2H3. The minimum Gasteiger partial charge on any atom is -0.378 e. The SMILES string of the molecule is CN(C)c1ncc(CN2CCCC(c3nc(N4CCOCC4)c4ncn(CC(F)(F)F)c4n3)C2)cn1. The Morgan fingerprint density at radius 3 is 2.50 bits per heavy atom. The van der Waals surface area contributed by atoms with Crippen LogP contribution in [0.3, 0.4) is 0 Å². The molecule has 2 saturated heterocycles. The van der Waals surface area contributed by atoms with Gasteiger partial charge in [-0.1, -0.05) is 0 Å². The number of morpholine rings is 1. The van der Waals surface area contributed by atoms with Gasteiger partial charge in [0.1, 0.15) is 12.4 Å². The molecule has 13 heteroatoms. The van der Waals surface area contributed by atoms with Crippen molar-refractivity contribution in [2.24, 2.45) is 0 Å². The van der Waals surface area contributed by atoms with Crippen LogP contribution in [0.15, 0.2) is 18.7 Å². The molecule has 0 saturated carbocycles. The number of halogens is 3. The number of aromatic nitrogens is 6. The van der Waals surface area contributed by atoms with Crippen LogP contribution in [0.25, 0.3) is 11.2 Å². The van der Waals surface area contributed by atoms with Crippen LogP contribution in [-0.4, -0.2) is 94.1 Å². The molecule has 0 spiro atoms. The Labute approximate surface area is 207 Å². The molecule has 0 aromatic carbocycles. The van der Waals surface area contributed by atoms with Crippen LogP contribution in [0.2, 0.25) is 0 Å². The van der Waals surface area contributed by atoms with Crippen molar-refractivity contribution in [2.45, 2.75) is 38.0 Å². The first-order valence-electron chi connectivity index (χ1n) is 12.1. The molecule has 0 amide bonds. The number of hydrogen-bond donors (Lipinski definition) is 0. The number of nitrogens with zero attached hydrogens (tertiary/aromatic N) is 9. The smallest absolute Gasteiger partial charge is 0.378 e. The van der Waals surface area contributed by atoms with Gasteiger partial charge in [0.2, 0.25) is 5.95 Å². The number of ether oxygens (including phenoxy) is 1. The summed E-state index contributed by atoms with van der Waals surface area (Å²) in [6, 6.07) is 0. The van der Waals surface area contributed by atoms with Crippen molar-refractivity contribution < 1.29 is 17.9 Å². The summed E-state index contributed by atoms with van der Waals surface area (Å²) < 4.78 is 46.3. The zero-order valence-electron chi connectivity index (χ0n) is 20.4. The van der Waals surface area contributed by atoms with E-state index in [4.69, 9.17) is 9.72 Å². The fourth-order valence-electron chi connectivity index (χ4n) is 4.76. The number of anilines is 2. The lowest BCUT2D eigenvalue weighted by Crippen LogP contribution is -2.38. The van der Waals surface area contributed by atoms with Gasteiger partial charge in [-0.25, -0.2) is 24.9 Å². The zero-order chi connectivity index (χ0) is 25.3. The Bertz CT molecular complexity index is 1180. The molecule has 1 atom stereocenters. The Kier molecular flexibility index (Phi) is 6.93. The predicted octanol–water partition coefficient (Wildman–Crippen LogP) is 2.46. The normalized spacial score (nSPS) is 19.7. The second-order valence-electron chi connectivity index (χ2n) is 9.52. The van der Waals surface area contributed by atoms with Crippen molar-refractivity contribution in [3.8, 4) is 0 Å². The second kappa shape index (κ2) is 10.1. The zero-order valence-corrected chi connectivity index (χ0v) is 20.4.